The summed E-state index contributed by atoms with van der Waals surface area (Å²) in [5.41, 5.74) is -2.33. The fraction of sp³-hybridized carbons (Fsp3) is 0.333. The fourth-order valence-electron chi connectivity index (χ4n) is 4.75. The lowest BCUT2D eigenvalue weighted by Crippen LogP contribution is -2.24. The smallest absolute Gasteiger partial charge is 0.301 e. The van der Waals surface area contributed by atoms with Crippen LogP contribution < -0.4 is 4.74 Å². The van der Waals surface area contributed by atoms with Crippen LogP contribution in [0.4, 0.5) is 0 Å². The molecule has 0 amide bonds. The minimum absolute atomic E-state index is 0.00835. The Kier molecular flexibility index (Phi) is 13.7. The van der Waals surface area contributed by atoms with Crippen LogP contribution in [0, 0.1) is 11.3 Å². The molecule has 0 saturated heterocycles. The number of carbonyl (C=O) groups is 2. The largest absolute Gasteiger partial charge is 0.454 e. The van der Waals surface area contributed by atoms with Crippen molar-refractivity contribution in [2.24, 2.45) is 11.3 Å². The van der Waals surface area contributed by atoms with Crippen LogP contribution in [0.1, 0.15) is 87.2 Å². The average Bonchev–Trinajstić information content (AvgIpc) is 3.09. The number of rotatable bonds is 15. The Hall–Kier alpha value is -3.67. The van der Waals surface area contributed by atoms with Gasteiger partial charge in [0.15, 0.2) is 11.6 Å². The van der Waals surface area contributed by atoms with Crippen LogP contribution in [0.5, 0.6) is 11.5 Å². The summed E-state index contributed by atoms with van der Waals surface area (Å²) in [7, 11) is -13.7. The molecule has 0 heterocycles. The Balaban J connectivity index is 1.87. The molecule has 4 aromatic rings. The first kappa shape index (κ1) is 45.0. The zero-order valence-electron chi connectivity index (χ0n) is 31.9. The number of halogens is 2. The maximum absolute atomic E-state index is 13.8. The lowest BCUT2D eigenvalue weighted by atomic mass is 9.99. The van der Waals surface area contributed by atoms with E-state index < -0.39 is 74.2 Å². The van der Waals surface area contributed by atoms with Gasteiger partial charge in [-0.2, -0.15) is 25.3 Å². The van der Waals surface area contributed by atoms with Crippen LogP contribution >= 0.6 is 23.2 Å². The molecule has 0 unspecified atom stereocenters. The quantitative estimate of drug-likeness (QED) is 0.0822. The van der Waals surface area contributed by atoms with Gasteiger partial charge in [-0.1, -0.05) is 70.0 Å². The van der Waals surface area contributed by atoms with Crippen LogP contribution in [0.15, 0.2) is 93.5 Å². The second-order valence-corrected chi connectivity index (χ2v) is 20.9. The molecule has 12 nitrogen and oxygen atoms in total. The number of benzene rings is 4. The Morgan fingerprint density at radius 3 is 1.75 bits per heavy atom. The van der Waals surface area contributed by atoms with Crippen molar-refractivity contribution in [3.8, 4) is 11.5 Å². The lowest BCUT2D eigenvalue weighted by molar-refractivity contribution is 0.103. The fourth-order valence-corrected chi connectivity index (χ4v) is 8.87. The molecule has 0 fully saturated rings. The zero-order chi connectivity index (χ0) is 42.0. The summed E-state index contributed by atoms with van der Waals surface area (Å²) in [6.45, 7) is 12.9. The third-order valence-electron chi connectivity index (χ3n) is 7.29. The SMILES string of the molecule is CC(C)COS(=O)(=O)c1cccc(C(=O)c2ccc(Oc3ccc(C(=O)c4cc(Cl)ccc4Cl)cc3S(=O)(=O)OCC(C)(C)C)c(S(=O)(=O)OC(C)(C)C)c2)c1. The van der Waals surface area contributed by atoms with Gasteiger partial charge < -0.3 is 4.74 Å². The minimum atomic E-state index is -4.75. The van der Waals surface area contributed by atoms with Gasteiger partial charge in [-0.3, -0.25) is 22.1 Å². The van der Waals surface area contributed by atoms with E-state index in [0.717, 1.165) is 30.3 Å². The predicted molar refractivity (Wildman–Crippen MR) is 211 cm³/mol. The molecular weight excluding hydrogens is 828 g/mol. The second-order valence-electron chi connectivity index (χ2n) is 15.3. The Labute approximate surface area is 338 Å². The molecule has 0 N–H and O–H groups in total. The van der Waals surface area contributed by atoms with Crippen molar-refractivity contribution in [2.75, 3.05) is 13.2 Å². The highest BCUT2D eigenvalue weighted by Gasteiger charge is 2.32. The van der Waals surface area contributed by atoms with Gasteiger partial charge in [0.1, 0.15) is 21.3 Å². The third kappa shape index (κ3) is 11.7. The molecule has 0 bridgehead atoms. The van der Waals surface area contributed by atoms with Crippen LogP contribution in [0.2, 0.25) is 10.0 Å². The van der Waals surface area contributed by atoms with Gasteiger partial charge in [-0.25, -0.2) is 0 Å². The number of hydrogen-bond donors (Lipinski definition) is 0. The van der Waals surface area contributed by atoms with Crippen LogP contribution in [0.25, 0.3) is 0 Å². The Morgan fingerprint density at radius 2 is 1.20 bits per heavy atom. The summed E-state index contributed by atoms with van der Waals surface area (Å²) in [4.78, 5) is 25.8. The van der Waals surface area contributed by atoms with E-state index in [1.165, 1.54) is 69.3 Å². The summed E-state index contributed by atoms with van der Waals surface area (Å²) in [5.74, 6) is -2.41. The predicted octanol–water partition coefficient (Wildman–Crippen LogP) is 8.86. The number of ether oxygens (including phenoxy) is 1. The van der Waals surface area contributed by atoms with Gasteiger partial charge in [-0.15, -0.1) is 0 Å². The van der Waals surface area contributed by atoms with Gasteiger partial charge in [0.05, 0.1) is 28.7 Å². The van der Waals surface area contributed by atoms with Crippen molar-refractivity contribution >= 4 is 65.1 Å². The highest BCUT2D eigenvalue weighted by Crippen LogP contribution is 2.38. The summed E-state index contributed by atoms with van der Waals surface area (Å²) < 4.78 is 103. The van der Waals surface area contributed by atoms with Crippen molar-refractivity contribution in [1.29, 1.82) is 0 Å². The highest BCUT2D eigenvalue weighted by atomic mass is 35.5. The molecule has 4 aromatic carbocycles. The lowest BCUT2D eigenvalue weighted by Gasteiger charge is -2.21. The van der Waals surface area contributed by atoms with Crippen molar-refractivity contribution in [3.63, 3.8) is 0 Å². The summed E-state index contributed by atoms with van der Waals surface area (Å²) in [6, 6.07) is 16.0. The standard InChI is InChI=1S/C39H42Cl2O12S3/c1-24(2)22-50-54(44,45)29-11-9-10-25(18-29)36(42)26-12-16-33(35(19-26)56(48,49)53-39(6,7)8)52-32-17-13-27(37(43)30-21-28(40)14-15-31(30)41)20-34(32)55(46,47)51-23-38(3,4)5/h9-21,24H,22-23H2,1-8H3. The van der Waals surface area contributed by atoms with E-state index in [1.54, 1.807) is 34.6 Å². The molecule has 0 saturated carbocycles. The molecule has 17 heteroatoms. The molecule has 0 spiro atoms. The van der Waals surface area contributed by atoms with Gasteiger partial charge in [-0.05, 0) is 98.8 Å². The first-order valence-electron chi connectivity index (χ1n) is 17.0. The molecule has 302 valence electrons. The van der Waals surface area contributed by atoms with E-state index in [1.807, 2.05) is 0 Å². The third-order valence-corrected chi connectivity index (χ3v) is 12.0. The average molecular weight is 870 g/mol. The second kappa shape index (κ2) is 17.0. The zero-order valence-corrected chi connectivity index (χ0v) is 35.8. The molecule has 56 heavy (non-hydrogen) atoms. The molecule has 0 radical (unpaired) electrons. The van der Waals surface area contributed by atoms with Gasteiger partial charge in [0, 0.05) is 27.3 Å². The van der Waals surface area contributed by atoms with Crippen LogP contribution in [-0.4, -0.2) is 55.6 Å². The summed E-state index contributed by atoms with van der Waals surface area (Å²) in [6.07, 6.45) is 0. The maximum Gasteiger partial charge on any atom is 0.301 e. The van der Waals surface area contributed by atoms with E-state index in [4.69, 9.17) is 40.5 Å². The van der Waals surface area contributed by atoms with Gasteiger partial charge >= 0.3 is 20.2 Å². The van der Waals surface area contributed by atoms with Gasteiger partial charge in [0.2, 0.25) is 0 Å². The van der Waals surface area contributed by atoms with Crippen LogP contribution in [-0.2, 0) is 42.9 Å². The molecule has 4 rings (SSSR count). The van der Waals surface area contributed by atoms with Crippen LogP contribution in [0.3, 0.4) is 0 Å². The summed E-state index contributed by atoms with van der Waals surface area (Å²) >= 11 is 12.4. The molecule has 0 aliphatic carbocycles. The number of carbonyl (C=O) groups excluding carboxylic acids is 2. The molecule has 0 aliphatic heterocycles. The molecule has 0 aromatic heterocycles. The van der Waals surface area contributed by atoms with E-state index in [2.05, 4.69) is 0 Å². The molecule has 0 aliphatic rings. The minimum Gasteiger partial charge on any atom is -0.454 e. The van der Waals surface area contributed by atoms with Crippen molar-refractivity contribution in [2.45, 2.75) is 75.7 Å². The topological polar surface area (TPSA) is 173 Å². The highest BCUT2D eigenvalue weighted by molar-refractivity contribution is 7.87. The molecular formula is C39H42Cl2O12S3. The Morgan fingerprint density at radius 1 is 0.643 bits per heavy atom. The van der Waals surface area contributed by atoms with Crippen molar-refractivity contribution in [1.82, 2.24) is 0 Å². The normalized spacial score (nSPS) is 12.8. The number of ketones is 2. The van der Waals surface area contributed by atoms with E-state index >= 15 is 0 Å². The van der Waals surface area contributed by atoms with E-state index in [0.29, 0.717) is 0 Å². The monoisotopic (exact) mass is 868 g/mol. The first-order chi connectivity index (χ1) is 25.7. The van der Waals surface area contributed by atoms with Crippen molar-refractivity contribution < 1.29 is 52.1 Å². The Bertz CT molecular complexity index is 2480. The van der Waals surface area contributed by atoms with Gasteiger partial charge in [0.25, 0.3) is 10.1 Å². The number of hydrogen-bond acceptors (Lipinski definition) is 12. The van der Waals surface area contributed by atoms with Crippen molar-refractivity contribution in [3.05, 3.63) is 111 Å². The first-order valence-corrected chi connectivity index (χ1v) is 22.0. The van der Waals surface area contributed by atoms with E-state index in [-0.39, 0.29) is 56.3 Å². The van der Waals surface area contributed by atoms with E-state index in [9.17, 15) is 34.8 Å². The summed E-state index contributed by atoms with van der Waals surface area (Å²) in [5, 5.41) is 0.268. The molecule has 0 atom stereocenters. The maximum atomic E-state index is 13.8.